The molecule has 5 heteroatoms. The Morgan fingerprint density at radius 1 is 1.18 bits per heavy atom. The fourth-order valence-electron chi connectivity index (χ4n) is 3.13. The van der Waals surface area contributed by atoms with Gasteiger partial charge < -0.3 is 14.8 Å². The summed E-state index contributed by atoms with van der Waals surface area (Å²) >= 11 is 0. The van der Waals surface area contributed by atoms with Crippen molar-refractivity contribution >= 4 is 0 Å². The van der Waals surface area contributed by atoms with Crippen LogP contribution in [0.15, 0.2) is 0 Å². The van der Waals surface area contributed by atoms with Gasteiger partial charge in [-0.2, -0.15) is 0 Å². The van der Waals surface area contributed by atoms with Gasteiger partial charge in [-0.1, -0.05) is 0 Å². The van der Waals surface area contributed by atoms with Gasteiger partial charge in [0.1, 0.15) is 0 Å². The number of rotatable bonds is 1. The Hall–Kier alpha value is -0.200. The SMILES string of the molecule is C1CNCCN(C2C[N]CCC23OCCO3)C1. The van der Waals surface area contributed by atoms with E-state index in [1.807, 2.05) is 0 Å². The average molecular weight is 240 g/mol. The van der Waals surface area contributed by atoms with Gasteiger partial charge in [0.2, 0.25) is 0 Å². The van der Waals surface area contributed by atoms with E-state index in [0.29, 0.717) is 6.04 Å². The topological polar surface area (TPSA) is 47.8 Å². The second-order valence-corrected chi connectivity index (χ2v) is 5.04. The third-order valence-electron chi connectivity index (χ3n) is 4.02. The summed E-state index contributed by atoms with van der Waals surface area (Å²) in [6.07, 6.45) is 2.12. The molecule has 3 saturated heterocycles. The Kier molecular flexibility index (Phi) is 3.63. The van der Waals surface area contributed by atoms with Crippen molar-refractivity contribution in [1.29, 1.82) is 0 Å². The molecular formula is C12H22N3O2. The van der Waals surface area contributed by atoms with E-state index < -0.39 is 0 Å². The van der Waals surface area contributed by atoms with Crippen LogP contribution in [0.25, 0.3) is 0 Å². The number of ether oxygens (including phenoxy) is 2. The molecule has 3 aliphatic rings. The van der Waals surface area contributed by atoms with Crippen LogP contribution in [-0.2, 0) is 9.47 Å². The maximum atomic E-state index is 5.94. The highest BCUT2D eigenvalue weighted by atomic mass is 16.7. The summed E-state index contributed by atoms with van der Waals surface area (Å²) in [7, 11) is 0. The minimum Gasteiger partial charge on any atom is -0.346 e. The van der Waals surface area contributed by atoms with Crippen LogP contribution >= 0.6 is 0 Å². The zero-order valence-electron chi connectivity index (χ0n) is 10.4. The fourth-order valence-corrected chi connectivity index (χ4v) is 3.13. The van der Waals surface area contributed by atoms with Gasteiger partial charge in [0.25, 0.3) is 0 Å². The first kappa shape index (κ1) is 11.9. The van der Waals surface area contributed by atoms with E-state index in [-0.39, 0.29) is 5.79 Å². The Morgan fingerprint density at radius 3 is 2.94 bits per heavy atom. The summed E-state index contributed by atoms with van der Waals surface area (Å²) in [5.74, 6) is -0.355. The Labute approximate surface area is 103 Å². The first-order valence-corrected chi connectivity index (χ1v) is 6.77. The summed E-state index contributed by atoms with van der Waals surface area (Å²) in [5.41, 5.74) is 0. The smallest absolute Gasteiger partial charge is 0.186 e. The number of piperidine rings is 1. The minimum absolute atomic E-state index is 0.318. The van der Waals surface area contributed by atoms with Crippen molar-refractivity contribution in [2.24, 2.45) is 0 Å². The molecule has 3 heterocycles. The Balaban J connectivity index is 1.73. The first-order chi connectivity index (χ1) is 8.41. The molecule has 1 spiro atoms. The summed E-state index contributed by atoms with van der Waals surface area (Å²) in [6.45, 7) is 7.60. The largest absolute Gasteiger partial charge is 0.346 e. The van der Waals surface area contributed by atoms with E-state index in [4.69, 9.17) is 9.47 Å². The van der Waals surface area contributed by atoms with E-state index in [9.17, 15) is 0 Å². The van der Waals surface area contributed by atoms with Crippen LogP contribution < -0.4 is 10.6 Å². The maximum Gasteiger partial charge on any atom is 0.186 e. The summed E-state index contributed by atoms with van der Waals surface area (Å²) in [4.78, 5) is 2.51. The summed E-state index contributed by atoms with van der Waals surface area (Å²) in [6, 6.07) is 0.318. The lowest BCUT2D eigenvalue weighted by molar-refractivity contribution is -0.213. The van der Waals surface area contributed by atoms with Gasteiger partial charge in [0, 0.05) is 32.6 Å². The predicted octanol–water partition coefficient (Wildman–Crippen LogP) is -0.598. The molecule has 97 valence electrons. The number of hydrogen-bond donors (Lipinski definition) is 1. The second kappa shape index (κ2) is 5.20. The molecule has 3 rings (SSSR count). The highest BCUT2D eigenvalue weighted by Crippen LogP contribution is 2.32. The monoisotopic (exact) mass is 240 g/mol. The lowest BCUT2D eigenvalue weighted by atomic mass is 9.97. The van der Waals surface area contributed by atoms with E-state index in [1.165, 1.54) is 6.42 Å². The molecule has 0 aromatic heterocycles. The zero-order chi connectivity index (χ0) is 11.6. The molecule has 0 amide bonds. The Bertz CT molecular complexity index is 248. The third-order valence-corrected chi connectivity index (χ3v) is 4.02. The summed E-state index contributed by atoms with van der Waals surface area (Å²) in [5, 5.41) is 8.00. The number of hydrogen-bond acceptors (Lipinski definition) is 4. The van der Waals surface area contributed by atoms with E-state index in [0.717, 1.165) is 58.9 Å². The fraction of sp³-hybridized carbons (Fsp3) is 1.00. The van der Waals surface area contributed by atoms with Gasteiger partial charge in [-0.15, -0.1) is 0 Å². The number of nitrogens with one attached hydrogen (secondary N) is 1. The van der Waals surface area contributed by atoms with Crippen molar-refractivity contribution in [1.82, 2.24) is 15.5 Å². The molecule has 1 N–H and O–H groups in total. The molecule has 0 aromatic rings. The van der Waals surface area contributed by atoms with Gasteiger partial charge in [-0.25, -0.2) is 5.32 Å². The van der Waals surface area contributed by atoms with Crippen LogP contribution in [0.2, 0.25) is 0 Å². The molecule has 1 unspecified atom stereocenters. The quantitative estimate of drug-likeness (QED) is 0.665. The molecule has 0 aliphatic carbocycles. The van der Waals surface area contributed by atoms with Crippen molar-refractivity contribution in [3.05, 3.63) is 0 Å². The van der Waals surface area contributed by atoms with Gasteiger partial charge in [-0.3, -0.25) is 4.90 Å². The van der Waals surface area contributed by atoms with Crippen LogP contribution in [0, 0.1) is 0 Å². The van der Waals surface area contributed by atoms with Crippen LogP contribution in [0.1, 0.15) is 12.8 Å². The van der Waals surface area contributed by atoms with Crippen LogP contribution in [0.5, 0.6) is 0 Å². The zero-order valence-corrected chi connectivity index (χ0v) is 10.4. The normalized spacial score (nSPS) is 34.9. The highest BCUT2D eigenvalue weighted by Gasteiger charge is 2.48. The number of nitrogens with zero attached hydrogens (tertiary/aromatic N) is 2. The molecule has 1 radical (unpaired) electrons. The lowest BCUT2D eigenvalue weighted by Gasteiger charge is -2.44. The molecule has 0 aromatic carbocycles. The first-order valence-electron chi connectivity index (χ1n) is 6.77. The van der Waals surface area contributed by atoms with Gasteiger partial charge in [-0.05, 0) is 19.5 Å². The van der Waals surface area contributed by atoms with E-state index in [1.54, 1.807) is 0 Å². The van der Waals surface area contributed by atoms with Crippen molar-refractivity contribution < 1.29 is 9.47 Å². The molecule has 0 bridgehead atoms. The van der Waals surface area contributed by atoms with Crippen LogP contribution in [0.4, 0.5) is 0 Å². The molecule has 3 aliphatic heterocycles. The van der Waals surface area contributed by atoms with Crippen molar-refractivity contribution in [2.75, 3.05) is 52.5 Å². The van der Waals surface area contributed by atoms with Gasteiger partial charge in [0.05, 0.1) is 19.3 Å². The molecule has 0 saturated carbocycles. The van der Waals surface area contributed by atoms with Crippen molar-refractivity contribution in [3.8, 4) is 0 Å². The Morgan fingerprint density at radius 2 is 2.06 bits per heavy atom. The van der Waals surface area contributed by atoms with Gasteiger partial charge in [0.15, 0.2) is 5.79 Å². The molecule has 1 atom stereocenters. The predicted molar refractivity (Wildman–Crippen MR) is 64.0 cm³/mol. The molecule has 5 nitrogen and oxygen atoms in total. The molecule has 3 fully saturated rings. The van der Waals surface area contributed by atoms with Crippen LogP contribution in [0.3, 0.4) is 0 Å². The standard InChI is InChI=1S/C12H22N3O2/c1-3-13-5-7-15(6-1)11-10-14-4-2-12(11)16-8-9-17-12/h11,13H,1-10H2. The molecular weight excluding hydrogens is 218 g/mol. The lowest BCUT2D eigenvalue weighted by Crippen LogP contribution is -2.61. The second-order valence-electron chi connectivity index (χ2n) is 5.04. The van der Waals surface area contributed by atoms with Crippen molar-refractivity contribution in [3.63, 3.8) is 0 Å². The minimum atomic E-state index is -0.355. The average Bonchev–Trinajstić information content (AvgIpc) is 2.66. The van der Waals surface area contributed by atoms with E-state index >= 15 is 0 Å². The molecule has 17 heavy (non-hydrogen) atoms. The van der Waals surface area contributed by atoms with Crippen LogP contribution in [-0.4, -0.2) is 69.2 Å². The highest BCUT2D eigenvalue weighted by molar-refractivity contribution is 4.95. The third kappa shape index (κ3) is 2.35. The maximum absolute atomic E-state index is 5.94. The van der Waals surface area contributed by atoms with E-state index in [2.05, 4.69) is 15.5 Å². The summed E-state index contributed by atoms with van der Waals surface area (Å²) < 4.78 is 11.9. The van der Waals surface area contributed by atoms with Crippen molar-refractivity contribution in [2.45, 2.75) is 24.7 Å². The van der Waals surface area contributed by atoms with Gasteiger partial charge >= 0.3 is 0 Å².